The minimum Gasteiger partial charge on any atom is -0.454 e. The molecule has 0 aliphatic carbocycles. The van der Waals surface area contributed by atoms with Crippen LogP contribution in [0.25, 0.3) is 0 Å². The van der Waals surface area contributed by atoms with E-state index in [2.05, 4.69) is 26.1 Å². The second-order valence-corrected chi connectivity index (χ2v) is 6.36. The maximum Gasteiger partial charge on any atom is 0.166 e. The maximum atomic E-state index is 14.1. The van der Waals surface area contributed by atoms with Gasteiger partial charge in [-0.15, -0.1) is 0 Å². The van der Waals surface area contributed by atoms with Crippen LogP contribution in [0.15, 0.2) is 42.5 Å². The van der Waals surface area contributed by atoms with Crippen LogP contribution in [-0.2, 0) is 6.54 Å². The zero-order valence-electron chi connectivity index (χ0n) is 12.4. The summed E-state index contributed by atoms with van der Waals surface area (Å²) in [5.74, 6) is 0.321. The van der Waals surface area contributed by atoms with Crippen LogP contribution < -0.4 is 10.1 Å². The van der Waals surface area contributed by atoms with Crippen LogP contribution in [0.2, 0.25) is 5.02 Å². The molecule has 0 amide bonds. The average Bonchev–Trinajstić information content (AvgIpc) is 2.38. The van der Waals surface area contributed by atoms with Crippen molar-refractivity contribution in [2.24, 2.45) is 0 Å². The second-order valence-electron chi connectivity index (χ2n) is 5.93. The lowest BCUT2D eigenvalue weighted by molar-refractivity contribution is 0.420. The van der Waals surface area contributed by atoms with Gasteiger partial charge in [0.05, 0.1) is 0 Å². The van der Waals surface area contributed by atoms with Crippen LogP contribution in [0.4, 0.5) is 4.39 Å². The normalized spacial score (nSPS) is 11.5. The van der Waals surface area contributed by atoms with Crippen LogP contribution >= 0.6 is 11.6 Å². The highest BCUT2D eigenvalue weighted by Crippen LogP contribution is 2.27. The van der Waals surface area contributed by atoms with Gasteiger partial charge in [0.15, 0.2) is 11.6 Å². The van der Waals surface area contributed by atoms with Gasteiger partial charge < -0.3 is 10.1 Å². The Hall–Kier alpha value is -1.58. The molecule has 4 heteroatoms. The molecule has 0 saturated carbocycles. The lowest BCUT2D eigenvalue weighted by Crippen LogP contribution is -2.35. The Morgan fingerprint density at radius 2 is 1.90 bits per heavy atom. The van der Waals surface area contributed by atoms with E-state index in [4.69, 9.17) is 16.3 Å². The van der Waals surface area contributed by atoms with E-state index in [1.165, 1.54) is 6.07 Å². The molecule has 0 spiro atoms. The van der Waals surface area contributed by atoms with Crippen molar-refractivity contribution in [1.29, 1.82) is 0 Å². The minimum atomic E-state index is -0.386. The number of benzene rings is 2. The predicted molar refractivity (Wildman–Crippen MR) is 84.5 cm³/mol. The molecule has 2 rings (SSSR count). The van der Waals surface area contributed by atoms with Gasteiger partial charge in [-0.3, -0.25) is 0 Å². The van der Waals surface area contributed by atoms with Crippen LogP contribution in [-0.4, -0.2) is 5.54 Å². The molecule has 0 unspecified atom stereocenters. The fourth-order valence-electron chi connectivity index (χ4n) is 1.76. The smallest absolute Gasteiger partial charge is 0.166 e. The Kier molecular flexibility index (Phi) is 4.86. The molecule has 0 heterocycles. The summed E-state index contributed by atoms with van der Waals surface area (Å²) in [7, 11) is 0. The van der Waals surface area contributed by atoms with Crippen LogP contribution in [0.1, 0.15) is 26.3 Å². The van der Waals surface area contributed by atoms with Crippen molar-refractivity contribution in [3.63, 3.8) is 0 Å². The fraction of sp³-hybridized carbons (Fsp3) is 0.294. The summed E-state index contributed by atoms with van der Waals surface area (Å²) in [6.45, 7) is 6.82. The van der Waals surface area contributed by atoms with Crippen molar-refractivity contribution in [2.45, 2.75) is 32.9 Å². The Balaban J connectivity index is 2.09. The highest BCUT2D eigenvalue weighted by Gasteiger charge is 2.10. The van der Waals surface area contributed by atoms with E-state index in [-0.39, 0.29) is 17.1 Å². The van der Waals surface area contributed by atoms with E-state index in [0.29, 0.717) is 17.3 Å². The van der Waals surface area contributed by atoms with Crippen LogP contribution in [0.5, 0.6) is 11.5 Å². The molecule has 2 aromatic rings. The Morgan fingerprint density at radius 3 is 2.52 bits per heavy atom. The summed E-state index contributed by atoms with van der Waals surface area (Å²) in [5, 5.41) is 3.87. The molecule has 0 bridgehead atoms. The summed E-state index contributed by atoms with van der Waals surface area (Å²) in [5.41, 5.74) is 0.868. The Bertz CT molecular complexity index is 622. The highest BCUT2D eigenvalue weighted by molar-refractivity contribution is 6.30. The summed E-state index contributed by atoms with van der Waals surface area (Å²) in [6, 6.07) is 11.9. The molecule has 0 saturated heterocycles. The fourth-order valence-corrected chi connectivity index (χ4v) is 1.94. The molecule has 21 heavy (non-hydrogen) atoms. The summed E-state index contributed by atoms with van der Waals surface area (Å²) >= 11 is 5.88. The molecule has 1 N–H and O–H groups in total. The van der Waals surface area contributed by atoms with Crippen molar-refractivity contribution in [2.75, 3.05) is 0 Å². The summed E-state index contributed by atoms with van der Waals surface area (Å²) in [4.78, 5) is 0. The zero-order chi connectivity index (χ0) is 15.5. The Morgan fingerprint density at radius 1 is 1.14 bits per heavy atom. The lowest BCUT2D eigenvalue weighted by atomic mass is 10.1. The Labute approximate surface area is 129 Å². The first-order valence-corrected chi connectivity index (χ1v) is 7.18. The second kappa shape index (κ2) is 6.46. The van der Waals surface area contributed by atoms with Gasteiger partial charge in [-0.25, -0.2) is 4.39 Å². The van der Waals surface area contributed by atoms with Gasteiger partial charge in [-0.1, -0.05) is 23.7 Å². The van der Waals surface area contributed by atoms with E-state index >= 15 is 0 Å². The molecular weight excluding hydrogens is 289 g/mol. The minimum absolute atomic E-state index is 0.00750. The van der Waals surface area contributed by atoms with Gasteiger partial charge in [-0.2, -0.15) is 0 Å². The van der Waals surface area contributed by atoms with E-state index in [1.54, 1.807) is 30.3 Å². The first-order chi connectivity index (χ1) is 9.83. The van der Waals surface area contributed by atoms with E-state index < -0.39 is 0 Å². The third-order valence-electron chi connectivity index (χ3n) is 2.84. The topological polar surface area (TPSA) is 21.3 Å². The van der Waals surface area contributed by atoms with Gasteiger partial charge in [0.1, 0.15) is 5.75 Å². The molecule has 0 aromatic heterocycles. The first-order valence-electron chi connectivity index (χ1n) is 6.80. The van der Waals surface area contributed by atoms with Gasteiger partial charge >= 0.3 is 0 Å². The van der Waals surface area contributed by atoms with Crippen LogP contribution in [0, 0.1) is 5.82 Å². The number of rotatable bonds is 4. The number of halogens is 2. The SMILES string of the molecule is CC(C)(C)NCc1ccc(Oc2cccc(Cl)c2)c(F)c1. The standard InChI is InChI=1S/C17H19ClFNO/c1-17(2,3)20-11-12-7-8-16(15(19)9-12)21-14-6-4-5-13(18)10-14/h4-10,20H,11H2,1-3H3. The quantitative estimate of drug-likeness (QED) is 0.842. The molecule has 0 aliphatic heterocycles. The number of ether oxygens (including phenoxy) is 1. The van der Waals surface area contributed by atoms with E-state index in [9.17, 15) is 4.39 Å². The summed E-state index contributed by atoms with van der Waals surface area (Å²) in [6.07, 6.45) is 0. The third-order valence-corrected chi connectivity index (χ3v) is 3.08. The van der Waals surface area contributed by atoms with Gasteiger partial charge in [0, 0.05) is 17.1 Å². The van der Waals surface area contributed by atoms with Crippen molar-refractivity contribution in [3.8, 4) is 11.5 Å². The highest BCUT2D eigenvalue weighted by atomic mass is 35.5. The molecule has 2 aromatic carbocycles. The first kappa shape index (κ1) is 15.8. The van der Waals surface area contributed by atoms with Crippen molar-refractivity contribution < 1.29 is 9.13 Å². The molecule has 0 radical (unpaired) electrons. The summed E-state index contributed by atoms with van der Waals surface area (Å²) < 4.78 is 19.6. The predicted octanol–water partition coefficient (Wildman–Crippen LogP) is 5.16. The van der Waals surface area contributed by atoms with E-state index in [1.807, 2.05) is 6.07 Å². The van der Waals surface area contributed by atoms with Gasteiger partial charge in [-0.05, 0) is 56.7 Å². The lowest BCUT2D eigenvalue weighted by Gasteiger charge is -2.20. The molecule has 0 fully saturated rings. The maximum absolute atomic E-state index is 14.1. The van der Waals surface area contributed by atoms with Gasteiger partial charge in [0.25, 0.3) is 0 Å². The number of nitrogens with one attached hydrogen (secondary N) is 1. The molecular formula is C17H19ClFNO. The van der Waals surface area contributed by atoms with Crippen LogP contribution in [0.3, 0.4) is 0 Å². The number of hydrogen-bond donors (Lipinski definition) is 1. The number of hydrogen-bond acceptors (Lipinski definition) is 2. The average molecular weight is 308 g/mol. The van der Waals surface area contributed by atoms with Crippen molar-refractivity contribution in [3.05, 3.63) is 58.9 Å². The van der Waals surface area contributed by atoms with Crippen molar-refractivity contribution >= 4 is 11.6 Å². The molecule has 0 atom stereocenters. The monoisotopic (exact) mass is 307 g/mol. The molecule has 112 valence electrons. The molecule has 2 nitrogen and oxygen atoms in total. The molecule has 0 aliphatic rings. The zero-order valence-corrected chi connectivity index (χ0v) is 13.2. The van der Waals surface area contributed by atoms with Crippen molar-refractivity contribution in [1.82, 2.24) is 5.32 Å². The van der Waals surface area contributed by atoms with Gasteiger partial charge in [0.2, 0.25) is 0 Å². The van der Waals surface area contributed by atoms with E-state index in [0.717, 1.165) is 5.56 Å². The third kappa shape index (κ3) is 5.03. The largest absolute Gasteiger partial charge is 0.454 e.